The van der Waals surface area contributed by atoms with Crippen LogP contribution in [-0.4, -0.2) is 36.1 Å². The highest BCUT2D eigenvalue weighted by Gasteiger charge is 2.15. The van der Waals surface area contributed by atoms with E-state index in [1.807, 2.05) is 12.1 Å². The normalized spacial score (nSPS) is 14.8. The van der Waals surface area contributed by atoms with E-state index >= 15 is 0 Å². The average molecular weight is 326 g/mol. The Labute approximate surface area is 141 Å². The first-order valence-electron chi connectivity index (χ1n) is 8.29. The van der Waals surface area contributed by atoms with E-state index in [4.69, 9.17) is 4.74 Å². The predicted octanol–water partition coefficient (Wildman–Crippen LogP) is 3.12. The van der Waals surface area contributed by atoms with E-state index in [0.717, 1.165) is 31.7 Å². The highest BCUT2D eigenvalue weighted by molar-refractivity contribution is 6.04. The number of hydrogen-bond donors (Lipinski definition) is 1. The van der Waals surface area contributed by atoms with Crippen molar-refractivity contribution in [2.45, 2.75) is 25.7 Å². The zero-order valence-electron chi connectivity index (χ0n) is 13.9. The molecule has 6 nitrogen and oxygen atoms in total. The van der Waals surface area contributed by atoms with E-state index in [2.05, 4.69) is 20.2 Å². The maximum absolute atomic E-state index is 12.5. The highest BCUT2D eigenvalue weighted by Crippen LogP contribution is 2.24. The summed E-state index contributed by atoms with van der Waals surface area (Å²) in [5, 5.41) is 2.85. The summed E-state index contributed by atoms with van der Waals surface area (Å²) in [5.74, 6) is 1.17. The van der Waals surface area contributed by atoms with Crippen LogP contribution in [0.2, 0.25) is 0 Å². The average Bonchev–Trinajstić information content (AvgIpc) is 2.92. The number of methoxy groups -OCH3 is 1. The van der Waals surface area contributed by atoms with Crippen LogP contribution in [0.1, 0.15) is 36.2 Å². The van der Waals surface area contributed by atoms with E-state index in [1.165, 1.54) is 19.2 Å². The molecule has 1 aliphatic heterocycles. The van der Waals surface area contributed by atoms with Crippen LogP contribution in [-0.2, 0) is 0 Å². The molecule has 1 aromatic heterocycles. The van der Waals surface area contributed by atoms with Gasteiger partial charge in [0, 0.05) is 19.2 Å². The van der Waals surface area contributed by atoms with Gasteiger partial charge in [0.1, 0.15) is 23.6 Å². The molecule has 0 radical (unpaired) electrons. The summed E-state index contributed by atoms with van der Waals surface area (Å²) in [6.45, 7) is 1.95. The molecule has 1 saturated heterocycles. The first-order valence-corrected chi connectivity index (χ1v) is 8.29. The zero-order valence-corrected chi connectivity index (χ0v) is 13.9. The van der Waals surface area contributed by atoms with Gasteiger partial charge in [0.25, 0.3) is 5.91 Å². The van der Waals surface area contributed by atoms with Gasteiger partial charge in [0.15, 0.2) is 0 Å². The molecule has 3 rings (SSSR count). The molecule has 1 amide bonds. The molecule has 2 aromatic rings. The molecule has 1 N–H and O–H groups in total. The first kappa shape index (κ1) is 16.2. The van der Waals surface area contributed by atoms with Crippen molar-refractivity contribution >= 4 is 17.4 Å². The van der Waals surface area contributed by atoms with Crippen molar-refractivity contribution in [2.75, 3.05) is 30.4 Å². The number of carbonyl (C=O) groups excluding carboxylic acids is 1. The molecule has 0 spiro atoms. The van der Waals surface area contributed by atoms with Gasteiger partial charge in [-0.1, -0.05) is 25.0 Å². The molecular formula is C18H22N4O2. The number of ether oxygens (including phenoxy) is 1. The molecular weight excluding hydrogens is 304 g/mol. The third kappa shape index (κ3) is 3.82. The second-order valence-electron chi connectivity index (χ2n) is 5.82. The predicted molar refractivity (Wildman–Crippen MR) is 93.7 cm³/mol. The number of rotatable bonds is 4. The van der Waals surface area contributed by atoms with Gasteiger partial charge in [0.2, 0.25) is 0 Å². The van der Waals surface area contributed by atoms with Gasteiger partial charge in [-0.25, -0.2) is 9.97 Å². The Morgan fingerprint density at radius 2 is 1.88 bits per heavy atom. The second kappa shape index (κ2) is 7.77. The van der Waals surface area contributed by atoms with Gasteiger partial charge < -0.3 is 15.0 Å². The molecule has 6 heteroatoms. The fourth-order valence-electron chi connectivity index (χ4n) is 2.88. The summed E-state index contributed by atoms with van der Waals surface area (Å²) in [6.07, 6.45) is 6.28. The molecule has 0 saturated carbocycles. The van der Waals surface area contributed by atoms with Crippen LogP contribution in [0, 0.1) is 0 Å². The van der Waals surface area contributed by atoms with Crippen LogP contribution in [0.25, 0.3) is 0 Å². The van der Waals surface area contributed by atoms with Crippen LogP contribution in [0.3, 0.4) is 0 Å². The standard InChI is InChI=1S/C18H22N4O2/c1-24-16-9-5-4-8-14(16)21-18(23)15-12-17(20-13-19-15)22-10-6-2-3-7-11-22/h4-5,8-9,12-13H,2-3,6-7,10-11H2,1H3,(H,21,23). The Morgan fingerprint density at radius 1 is 1.12 bits per heavy atom. The van der Waals surface area contributed by atoms with Crippen LogP contribution in [0.4, 0.5) is 11.5 Å². The molecule has 0 aliphatic carbocycles. The zero-order chi connectivity index (χ0) is 16.8. The minimum atomic E-state index is -0.266. The van der Waals surface area contributed by atoms with Crippen LogP contribution in [0.15, 0.2) is 36.7 Å². The summed E-state index contributed by atoms with van der Waals surface area (Å²) in [6, 6.07) is 9.07. The van der Waals surface area contributed by atoms with Crippen molar-refractivity contribution in [3.05, 3.63) is 42.4 Å². The highest BCUT2D eigenvalue weighted by atomic mass is 16.5. The monoisotopic (exact) mass is 326 g/mol. The topological polar surface area (TPSA) is 67.3 Å². The smallest absolute Gasteiger partial charge is 0.274 e. The maximum Gasteiger partial charge on any atom is 0.274 e. The van der Waals surface area contributed by atoms with E-state index in [9.17, 15) is 4.79 Å². The Kier molecular flexibility index (Phi) is 5.25. The molecule has 1 aromatic carbocycles. The number of amides is 1. The molecule has 24 heavy (non-hydrogen) atoms. The minimum Gasteiger partial charge on any atom is -0.495 e. The van der Waals surface area contributed by atoms with Gasteiger partial charge in [0.05, 0.1) is 12.8 Å². The third-order valence-corrected chi connectivity index (χ3v) is 4.17. The number of para-hydroxylation sites is 2. The summed E-state index contributed by atoms with van der Waals surface area (Å²) in [7, 11) is 1.58. The van der Waals surface area contributed by atoms with Gasteiger partial charge in [-0.15, -0.1) is 0 Å². The lowest BCUT2D eigenvalue weighted by Gasteiger charge is -2.21. The van der Waals surface area contributed by atoms with Gasteiger partial charge in [-0.2, -0.15) is 0 Å². The molecule has 0 bridgehead atoms. The van der Waals surface area contributed by atoms with E-state index in [-0.39, 0.29) is 5.91 Å². The lowest BCUT2D eigenvalue weighted by Crippen LogP contribution is -2.25. The number of hydrogen-bond acceptors (Lipinski definition) is 5. The fraction of sp³-hybridized carbons (Fsp3) is 0.389. The van der Waals surface area contributed by atoms with Gasteiger partial charge >= 0.3 is 0 Å². The SMILES string of the molecule is COc1ccccc1NC(=O)c1cc(N2CCCCCC2)ncn1. The Hall–Kier alpha value is -2.63. The van der Waals surface area contributed by atoms with Crippen LogP contribution < -0.4 is 15.0 Å². The van der Waals surface area contributed by atoms with Crippen molar-refractivity contribution in [2.24, 2.45) is 0 Å². The molecule has 1 aliphatic rings. The largest absolute Gasteiger partial charge is 0.495 e. The number of nitrogens with zero attached hydrogens (tertiary/aromatic N) is 3. The summed E-state index contributed by atoms with van der Waals surface area (Å²) in [5.41, 5.74) is 0.982. The number of aromatic nitrogens is 2. The first-order chi connectivity index (χ1) is 11.8. The van der Waals surface area contributed by atoms with Crippen molar-refractivity contribution < 1.29 is 9.53 Å². The van der Waals surface area contributed by atoms with E-state index in [0.29, 0.717) is 17.1 Å². The summed E-state index contributed by atoms with van der Waals surface area (Å²) < 4.78 is 5.26. The quantitative estimate of drug-likeness (QED) is 0.935. The van der Waals surface area contributed by atoms with Crippen molar-refractivity contribution in [3.8, 4) is 5.75 Å². The Morgan fingerprint density at radius 3 is 2.62 bits per heavy atom. The molecule has 126 valence electrons. The maximum atomic E-state index is 12.5. The van der Waals surface area contributed by atoms with Crippen LogP contribution >= 0.6 is 0 Å². The number of benzene rings is 1. The molecule has 0 atom stereocenters. The number of nitrogens with one attached hydrogen (secondary N) is 1. The number of anilines is 2. The number of carbonyl (C=O) groups is 1. The lowest BCUT2D eigenvalue weighted by atomic mass is 10.2. The van der Waals surface area contributed by atoms with Crippen molar-refractivity contribution in [3.63, 3.8) is 0 Å². The van der Waals surface area contributed by atoms with E-state index in [1.54, 1.807) is 25.3 Å². The van der Waals surface area contributed by atoms with Gasteiger partial charge in [-0.3, -0.25) is 4.79 Å². The van der Waals surface area contributed by atoms with Crippen molar-refractivity contribution in [1.29, 1.82) is 0 Å². The minimum absolute atomic E-state index is 0.266. The summed E-state index contributed by atoms with van der Waals surface area (Å²) >= 11 is 0. The lowest BCUT2D eigenvalue weighted by molar-refractivity contribution is 0.102. The Bertz CT molecular complexity index is 697. The van der Waals surface area contributed by atoms with Crippen LogP contribution in [0.5, 0.6) is 5.75 Å². The summed E-state index contributed by atoms with van der Waals surface area (Å²) in [4.78, 5) is 23.2. The fourth-order valence-corrected chi connectivity index (χ4v) is 2.88. The Balaban J connectivity index is 1.76. The second-order valence-corrected chi connectivity index (χ2v) is 5.82. The molecule has 2 heterocycles. The van der Waals surface area contributed by atoms with E-state index < -0.39 is 0 Å². The molecule has 0 unspecified atom stereocenters. The third-order valence-electron chi connectivity index (χ3n) is 4.17. The van der Waals surface area contributed by atoms with Crippen molar-refractivity contribution in [1.82, 2.24) is 9.97 Å². The van der Waals surface area contributed by atoms with Gasteiger partial charge in [-0.05, 0) is 25.0 Å². The molecule has 1 fully saturated rings.